The Balaban J connectivity index is 1.85. The number of para-hydroxylation sites is 1. The molecule has 2 heterocycles. The van der Waals surface area contributed by atoms with Crippen LogP contribution in [0.3, 0.4) is 0 Å². The summed E-state index contributed by atoms with van der Waals surface area (Å²) in [6.45, 7) is 7.73. The van der Waals surface area contributed by atoms with E-state index >= 15 is 0 Å². The number of aryl methyl sites for hydroxylation is 3. The molecule has 0 spiro atoms. The van der Waals surface area contributed by atoms with E-state index in [4.69, 9.17) is 0 Å². The maximum absolute atomic E-state index is 13.7. The third-order valence-corrected chi connectivity index (χ3v) is 6.08. The number of anilines is 1. The monoisotopic (exact) mass is 375 g/mol. The number of fused-ring (bicyclic) bond motifs is 1. The fraction of sp³-hybridized carbons (Fsp3) is 0.278. The molecular weight excluding hydrogens is 357 g/mol. The molecule has 0 aliphatic heterocycles. The maximum atomic E-state index is 13.7. The number of aromatic nitrogens is 2. The van der Waals surface area contributed by atoms with Crippen LogP contribution in [0.5, 0.6) is 0 Å². The maximum Gasteiger partial charge on any atom is 0.237 e. The second-order valence-electron chi connectivity index (χ2n) is 5.77. The Morgan fingerprint density at radius 3 is 2.68 bits per heavy atom. The van der Waals surface area contributed by atoms with Crippen LogP contribution in [0, 0.1) is 26.6 Å². The molecule has 1 atom stereocenters. The van der Waals surface area contributed by atoms with Crippen molar-refractivity contribution >= 4 is 44.9 Å². The van der Waals surface area contributed by atoms with Crippen molar-refractivity contribution in [2.75, 3.05) is 5.32 Å². The Hall–Kier alpha value is -1.99. The number of nitrogens with zero attached hydrogens (tertiary/aromatic N) is 2. The van der Waals surface area contributed by atoms with Crippen LogP contribution in [0.15, 0.2) is 29.3 Å². The van der Waals surface area contributed by atoms with Gasteiger partial charge in [0.15, 0.2) is 0 Å². The number of halogens is 1. The first-order valence-electron chi connectivity index (χ1n) is 7.83. The summed E-state index contributed by atoms with van der Waals surface area (Å²) >= 11 is 3.00. The van der Waals surface area contributed by atoms with Gasteiger partial charge in [-0.1, -0.05) is 23.9 Å². The van der Waals surface area contributed by atoms with Crippen molar-refractivity contribution in [2.24, 2.45) is 0 Å². The van der Waals surface area contributed by atoms with Crippen LogP contribution in [-0.2, 0) is 4.79 Å². The van der Waals surface area contributed by atoms with Gasteiger partial charge in [-0.2, -0.15) is 0 Å². The third-order valence-electron chi connectivity index (χ3n) is 3.90. The molecule has 0 saturated heterocycles. The second-order valence-corrected chi connectivity index (χ2v) is 8.30. The van der Waals surface area contributed by atoms with Crippen molar-refractivity contribution in [1.29, 1.82) is 0 Å². The second kappa shape index (κ2) is 7.09. The first-order chi connectivity index (χ1) is 11.9. The van der Waals surface area contributed by atoms with Gasteiger partial charge in [0, 0.05) is 10.3 Å². The molecule has 0 fully saturated rings. The van der Waals surface area contributed by atoms with E-state index in [2.05, 4.69) is 22.2 Å². The number of benzene rings is 1. The molecule has 0 radical (unpaired) electrons. The normalized spacial score (nSPS) is 12.4. The topological polar surface area (TPSA) is 54.9 Å². The van der Waals surface area contributed by atoms with E-state index in [0.717, 1.165) is 20.8 Å². The Morgan fingerprint density at radius 1 is 1.24 bits per heavy atom. The Bertz CT molecular complexity index is 955. The summed E-state index contributed by atoms with van der Waals surface area (Å²) in [5, 5.41) is 4.01. The van der Waals surface area contributed by atoms with Gasteiger partial charge < -0.3 is 5.32 Å². The van der Waals surface area contributed by atoms with Crippen LogP contribution in [0.4, 0.5) is 10.1 Å². The number of amides is 1. The molecule has 0 aliphatic carbocycles. The molecule has 3 rings (SSSR count). The van der Waals surface area contributed by atoms with E-state index in [1.165, 1.54) is 22.7 Å². The fourth-order valence-electron chi connectivity index (χ4n) is 2.42. The highest BCUT2D eigenvalue weighted by Crippen LogP contribution is 2.36. The summed E-state index contributed by atoms with van der Waals surface area (Å²) < 4.78 is 13.7. The molecule has 0 aliphatic rings. The molecule has 1 N–H and O–H groups in total. The lowest BCUT2D eigenvalue weighted by molar-refractivity contribution is -0.115. The molecular formula is C18H18FN3OS2. The van der Waals surface area contributed by atoms with Crippen LogP contribution in [-0.4, -0.2) is 21.1 Å². The lowest BCUT2D eigenvalue weighted by Gasteiger charge is -2.13. The van der Waals surface area contributed by atoms with Crippen LogP contribution in [0.1, 0.15) is 23.2 Å². The van der Waals surface area contributed by atoms with E-state index < -0.39 is 11.1 Å². The number of nitrogens with one attached hydrogen (secondary N) is 1. The molecule has 130 valence electrons. The SMILES string of the molecule is Cc1nc(S[C@@H](C)C(=O)Nc2ccccc2F)c2c(C)c(C)sc2n1. The van der Waals surface area contributed by atoms with Crippen LogP contribution < -0.4 is 5.32 Å². The van der Waals surface area contributed by atoms with Gasteiger partial charge in [0.05, 0.1) is 10.9 Å². The number of hydrogen-bond donors (Lipinski definition) is 1. The summed E-state index contributed by atoms with van der Waals surface area (Å²) in [7, 11) is 0. The molecule has 0 unspecified atom stereocenters. The number of carbonyl (C=O) groups excluding carboxylic acids is 1. The summed E-state index contributed by atoms with van der Waals surface area (Å²) in [5.74, 6) is -0.0280. The van der Waals surface area contributed by atoms with E-state index in [-0.39, 0.29) is 11.6 Å². The Morgan fingerprint density at radius 2 is 1.96 bits per heavy atom. The molecule has 1 aromatic carbocycles. The van der Waals surface area contributed by atoms with Crippen molar-refractivity contribution in [3.05, 3.63) is 46.3 Å². The quantitative estimate of drug-likeness (QED) is 0.522. The standard InChI is InChI=1S/C18H18FN3OS2/c1-9-10(2)24-17-15(9)18(21-12(4)20-17)25-11(3)16(23)22-14-8-6-5-7-13(14)19/h5-8,11H,1-4H3,(H,22,23)/t11-/m0/s1. The molecule has 7 heteroatoms. The molecule has 0 saturated carbocycles. The highest BCUT2D eigenvalue weighted by Gasteiger charge is 2.21. The van der Waals surface area contributed by atoms with E-state index in [1.807, 2.05) is 13.8 Å². The van der Waals surface area contributed by atoms with Gasteiger partial charge in [-0.05, 0) is 45.4 Å². The van der Waals surface area contributed by atoms with Crippen LogP contribution >= 0.6 is 23.1 Å². The minimum Gasteiger partial charge on any atom is -0.323 e. The predicted molar refractivity (Wildman–Crippen MR) is 102 cm³/mol. The van der Waals surface area contributed by atoms with Gasteiger partial charge in [-0.25, -0.2) is 14.4 Å². The smallest absolute Gasteiger partial charge is 0.237 e. The van der Waals surface area contributed by atoms with Gasteiger partial charge >= 0.3 is 0 Å². The van der Waals surface area contributed by atoms with E-state index in [1.54, 1.807) is 36.5 Å². The van der Waals surface area contributed by atoms with Gasteiger partial charge in [-0.15, -0.1) is 11.3 Å². The third kappa shape index (κ3) is 3.67. The first kappa shape index (κ1) is 17.8. The average Bonchev–Trinajstić information content (AvgIpc) is 2.83. The number of thiophene rings is 1. The molecule has 1 amide bonds. The van der Waals surface area contributed by atoms with Crippen molar-refractivity contribution in [2.45, 2.75) is 38.0 Å². The molecule has 25 heavy (non-hydrogen) atoms. The van der Waals surface area contributed by atoms with Gasteiger partial charge in [0.1, 0.15) is 21.5 Å². The molecule has 4 nitrogen and oxygen atoms in total. The van der Waals surface area contributed by atoms with Crippen molar-refractivity contribution < 1.29 is 9.18 Å². The van der Waals surface area contributed by atoms with Crippen LogP contribution in [0.25, 0.3) is 10.2 Å². The minimum atomic E-state index is -0.447. The average molecular weight is 375 g/mol. The number of hydrogen-bond acceptors (Lipinski definition) is 5. The number of thioether (sulfide) groups is 1. The van der Waals surface area contributed by atoms with Crippen LogP contribution in [0.2, 0.25) is 0 Å². The van der Waals surface area contributed by atoms with Gasteiger partial charge in [-0.3, -0.25) is 4.79 Å². The highest BCUT2D eigenvalue weighted by atomic mass is 32.2. The zero-order valence-electron chi connectivity index (χ0n) is 14.4. The highest BCUT2D eigenvalue weighted by molar-refractivity contribution is 8.00. The predicted octanol–water partition coefficient (Wildman–Crippen LogP) is 4.87. The summed E-state index contributed by atoms with van der Waals surface area (Å²) in [5.41, 5.74) is 1.33. The lowest BCUT2D eigenvalue weighted by Crippen LogP contribution is -2.23. The molecule has 0 bridgehead atoms. The summed E-state index contributed by atoms with van der Waals surface area (Å²) in [6, 6.07) is 6.14. The van der Waals surface area contributed by atoms with E-state index in [0.29, 0.717) is 5.82 Å². The Kier molecular flexibility index (Phi) is 5.06. The largest absolute Gasteiger partial charge is 0.323 e. The van der Waals surface area contributed by atoms with Crippen molar-refractivity contribution in [3.63, 3.8) is 0 Å². The summed E-state index contributed by atoms with van der Waals surface area (Å²) in [6.07, 6.45) is 0. The minimum absolute atomic E-state index is 0.187. The first-order valence-corrected chi connectivity index (χ1v) is 9.53. The van der Waals surface area contributed by atoms with E-state index in [9.17, 15) is 9.18 Å². The molecule has 3 aromatic rings. The Labute approximate surface area is 153 Å². The zero-order chi connectivity index (χ0) is 18.1. The van der Waals surface area contributed by atoms with Crippen molar-refractivity contribution in [3.8, 4) is 0 Å². The zero-order valence-corrected chi connectivity index (χ0v) is 16.0. The molecule has 2 aromatic heterocycles. The number of rotatable bonds is 4. The number of carbonyl (C=O) groups is 1. The van der Waals surface area contributed by atoms with Gasteiger partial charge in [0.2, 0.25) is 5.91 Å². The lowest BCUT2D eigenvalue weighted by atomic mass is 10.2. The fourth-order valence-corrected chi connectivity index (χ4v) is 4.61. The van der Waals surface area contributed by atoms with Gasteiger partial charge in [0.25, 0.3) is 0 Å². The van der Waals surface area contributed by atoms with Crippen molar-refractivity contribution in [1.82, 2.24) is 9.97 Å². The summed E-state index contributed by atoms with van der Waals surface area (Å²) in [4.78, 5) is 23.6.